The van der Waals surface area contributed by atoms with Crippen molar-refractivity contribution >= 4 is 11.6 Å². The van der Waals surface area contributed by atoms with Crippen LogP contribution in [0.2, 0.25) is 0 Å². The zero-order valence-corrected chi connectivity index (χ0v) is 9.76. The van der Waals surface area contributed by atoms with Gasteiger partial charge in [0.15, 0.2) is 0 Å². The van der Waals surface area contributed by atoms with Gasteiger partial charge in [-0.2, -0.15) is 0 Å². The molecular formula is C15H14NO. The summed E-state index contributed by atoms with van der Waals surface area (Å²) in [5.41, 5.74) is 1.51. The lowest BCUT2D eigenvalue weighted by molar-refractivity contribution is 0.0988. The standard InChI is InChI=1S/C15H14NO/c1-2-16(14-11-7-4-8-12-14)15(17)13-9-5-3-6-10-13/h3-9,11-12H,2H2,1H3. The Morgan fingerprint density at radius 1 is 1.12 bits per heavy atom. The fourth-order valence-electron chi connectivity index (χ4n) is 1.72. The summed E-state index contributed by atoms with van der Waals surface area (Å²) < 4.78 is 0. The fraction of sp³-hybridized carbons (Fsp3) is 0.133. The van der Waals surface area contributed by atoms with Gasteiger partial charge in [0.2, 0.25) is 0 Å². The van der Waals surface area contributed by atoms with Crippen LogP contribution in [0.1, 0.15) is 17.3 Å². The van der Waals surface area contributed by atoms with Crippen molar-refractivity contribution in [3.05, 3.63) is 66.2 Å². The molecule has 0 unspecified atom stereocenters. The largest absolute Gasteiger partial charge is 0.309 e. The van der Waals surface area contributed by atoms with Gasteiger partial charge in [-0.05, 0) is 31.2 Å². The summed E-state index contributed by atoms with van der Waals surface area (Å²) in [5, 5.41) is 0. The predicted molar refractivity (Wildman–Crippen MR) is 69.1 cm³/mol. The molecule has 85 valence electrons. The Hall–Kier alpha value is -2.09. The molecule has 2 nitrogen and oxygen atoms in total. The van der Waals surface area contributed by atoms with Crippen molar-refractivity contribution in [1.82, 2.24) is 0 Å². The molecule has 17 heavy (non-hydrogen) atoms. The highest BCUT2D eigenvalue weighted by Crippen LogP contribution is 2.15. The molecule has 1 radical (unpaired) electrons. The summed E-state index contributed by atoms with van der Waals surface area (Å²) in [6, 6.07) is 19.9. The molecule has 0 atom stereocenters. The van der Waals surface area contributed by atoms with Gasteiger partial charge in [0, 0.05) is 17.8 Å². The van der Waals surface area contributed by atoms with Crippen LogP contribution in [0.15, 0.2) is 54.6 Å². The number of hydrogen-bond acceptors (Lipinski definition) is 1. The molecule has 2 heteroatoms. The molecule has 2 aromatic rings. The molecule has 0 aromatic heterocycles. The maximum atomic E-state index is 12.3. The van der Waals surface area contributed by atoms with Crippen molar-refractivity contribution in [2.75, 3.05) is 11.4 Å². The van der Waals surface area contributed by atoms with Crippen molar-refractivity contribution < 1.29 is 4.79 Å². The van der Waals surface area contributed by atoms with Crippen LogP contribution in [0.3, 0.4) is 0 Å². The van der Waals surface area contributed by atoms with Crippen LogP contribution >= 0.6 is 0 Å². The first-order valence-corrected chi connectivity index (χ1v) is 5.66. The smallest absolute Gasteiger partial charge is 0.258 e. The number of para-hydroxylation sites is 1. The third kappa shape index (κ3) is 2.53. The number of hydrogen-bond donors (Lipinski definition) is 0. The lowest BCUT2D eigenvalue weighted by atomic mass is 10.2. The van der Waals surface area contributed by atoms with E-state index in [4.69, 9.17) is 0 Å². The van der Waals surface area contributed by atoms with Crippen molar-refractivity contribution in [2.45, 2.75) is 6.92 Å². The Morgan fingerprint density at radius 3 is 2.41 bits per heavy atom. The molecule has 0 aliphatic rings. The highest BCUT2D eigenvalue weighted by molar-refractivity contribution is 6.05. The molecule has 0 heterocycles. The number of carbonyl (C=O) groups excluding carboxylic acids is 1. The van der Waals surface area contributed by atoms with E-state index in [9.17, 15) is 4.79 Å². The first-order valence-electron chi connectivity index (χ1n) is 5.66. The Bertz CT molecular complexity index is 479. The van der Waals surface area contributed by atoms with Crippen LogP contribution in [-0.2, 0) is 0 Å². The molecule has 0 saturated carbocycles. The van der Waals surface area contributed by atoms with E-state index in [0.717, 1.165) is 5.69 Å². The van der Waals surface area contributed by atoms with Gasteiger partial charge in [0.05, 0.1) is 0 Å². The first-order chi connectivity index (χ1) is 8.33. The Labute approximate surface area is 102 Å². The number of benzene rings is 2. The average molecular weight is 224 g/mol. The molecule has 2 rings (SSSR count). The van der Waals surface area contributed by atoms with E-state index >= 15 is 0 Å². The van der Waals surface area contributed by atoms with Gasteiger partial charge in [0.25, 0.3) is 5.91 Å². The summed E-state index contributed by atoms with van der Waals surface area (Å²) in [7, 11) is 0. The van der Waals surface area contributed by atoms with Crippen molar-refractivity contribution in [1.29, 1.82) is 0 Å². The number of nitrogens with zero attached hydrogens (tertiary/aromatic N) is 1. The topological polar surface area (TPSA) is 20.3 Å². The maximum absolute atomic E-state index is 12.3. The predicted octanol–water partition coefficient (Wildman–Crippen LogP) is 3.15. The van der Waals surface area contributed by atoms with E-state index in [1.54, 1.807) is 17.0 Å². The average Bonchev–Trinajstić information content (AvgIpc) is 2.42. The zero-order valence-electron chi connectivity index (χ0n) is 9.76. The summed E-state index contributed by atoms with van der Waals surface area (Å²) in [4.78, 5) is 14.0. The van der Waals surface area contributed by atoms with Crippen molar-refractivity contribution in [2.24, 2.45) is 0 Å². The van der Waals surface area contributed by atoms with Crippen LogP contribution in [0.25, 0.3) is 0 Å². The van der Waals surface area contributed by atoms with Crippen LogP contribution in [0.5, 0.6) is 0 Å². The molecule has 0 aliphatic carbocycles. The normalized spacial score (nSPS) is 9.94. The highest BCUT2D eigenvalue weighted by Gasteiger charge is 2.15. The van der Waals surface area contributed by atoms with Crippen LogP contribution in [0, 0.1) is 6.07 Å². The van der Waals surface area contributed by atoms with E-state index in [0.29, 0.717) is 12.1 Å². The summed E-state index contributed by atoms with van der Waals surface area (Å²) in [6.45, 7) is 2.61. The molecule has 1 amide bonds. The van der Waals surface area contributed by atoms with Gasteiger partial charge in [-0.25, -0.2) is 0 Å². The monoisotopic (exact) mass is 224 g/mol. The van der Waals surface area contributed by atoms with E-state index in [2.05, 4.69) is 6.07 Å². The maximum Gasteiger partial charge on any atom is 0.258 e. The SMILES string of the molecule is CCN(C(=O)c1[c]cccc1)c1ccccc1. The fourth-order valence-corrected chi connectivity index (χ4v) is 1.72. The highest BCUT2D eigenvalue weighted by atomic mass is 16.2. The molecule has 0 fully saturated rings. The quantitative estimate of drug-likeness (QED) is 0.784. The van der Waals surface area contributed by atoms with Gasteiger partial charge >= 0.3 is 0 Å². The Morgan fingerprint density at radius 2 is 1.82 bits per heavy atom. The zero-order chi connectivity index (χ0) is 12.1. The first kappa shape index (κ1) is 11.4. The minimum atomic E-state index is -0.0145. The number of rotatable bonds is 3. The van der Waals surface area contributed by atoms with Crippen LogP contribution in [0.4, 0.5) is 5.69 Å². The number of amides is 1. The van der Waals surface area contributed by atoms with E-state index in [1.807, 2.05) is 49.4 Å². The molecule has 0 aliphatic heterocycles. The second-order valence-electron chi connectivity index (χ2n) is 3.66. The van der Waals surface area contributed by atoms with Gasteiger partial charge < -0.3 is 4.90 Å². The van der Waals surface area contributed by atoms with E-state index < -0.39 is 0 Å². The summed E-state index contributed by atoms with van der Waals surface area (Å²) in [5.74, 6) is -0.0145. The van der Waals surface area contributed by atoms with Crippen molar-refractivity contribution in [3.63, 3.8) is 0 Å². The van der Waals surface area contributed by atoms with Gasteiger partial charge in [0.1, 0.15) is 0 Å². The van der Waals surface area contributed by atoms with Crippen molar-refractivity contribution in [3.8, 4) is 0 Å². The van der Waals surface area contributed by atoms with E-state index in [1.165, 1.54) is 0 Å². The van der Waals surface area contributed by atoms with Gasteiger partial charge in [-0.1, -0.05) is 36.4 Å². The molecule has 0 bridgehead atoms. The van der Waals surface area contributed by atoms with E-state index in [-0.39, 0.29) is 5.91 Å². The van der Waals surface area contributed by atoms with Crippen LogP contribution in [-0.4, -0.2) is 12.5 Å². The van der Waals surface area contributed by atoms with Gasteiger partial charge in [-0.15, -0.1) is 0 Å². The Balaban J connectivity index is 2.29. The second-order valence-corrected chi connectivity index (χ2v) is 3.66. The third-order valence-electron chi connectivity index (χ3n) is 2.57. The lowest BCUT2D eigenvalue weighted by Crippen LogP contribution is -2.30. The number of carbonyl (C=O) groups is 1. The molecule has 0 N–H and O–H groups in total. The van der Waals surface area contributed by atoms with Gasteiger partial charge in [-0.3, -0.25) is 4.79 Å². The van der Waals surface area contributed by atoms with Crippen LogP contribution < -0.4 is 4.90 Å². The summed E-state index contributed by atoms with van der Waals surface area (Å²) >= 11 is 0. The minimum absolute atomic E-state index is 0.0145. The molecule has 2 aromatic carbocycles. The minimum Gasteiger partial charge on any atom is -0.309 e. The molecular weight excluding hydrogens is 210 g/mol. The summed E-state index contributed by atoms with van der Waals surface area (Å²) in [6.07, 6.45) is 0. The Kier molecular flexibility index (Phi) is 3.55. The molecule has 0 saturated heterocycles. The second kappa shape index (κ2) is 5.30. The molecule has 0 spiro atoms. The number of anilines is 1. The third-order valence-corrected chi connectivity index (χ3v) is 2.57. The lowest BCUT2D eigenvalue weighted by Gasteiger charge is -2.20.